The van der Waals surface area contributed by atoms with Gasteiger partial charge in [-0.3, -0.25) is 4.79 Å². The Balaban J connectivity index is 1.41. The molecule has 1 saturated heterocycles. The number of carbonyl (C=O) groups is 1. The van der Waals surface area contributed by atoms with E-state index in [2.05, 4.69) is 20.5 Å². The molecule has 5 nitrogen and oxygen atoms in total. The Kier molecular flexibility index (Phi) is 6.22. The van der Waals surface area contributed by atoms with Crippen LogP contribution in [-0.2, 0) is 0 Å². The summed E-state index contributed by atoms with van der Waals surface area (Å²) in [4.78, 5) is 19.4. The average Bonchev–Trinajstić information content (AvgIpc) is 3.05. The van der Waals surface area contributed by atoms with Crippen molar-refractivity contribution in [3.8, 4) is 0 Å². The Morgan fingerprint density at radius 3 is 2.93 bits per heavy atom. The van der Waals surface area contributed by atoms with E-state index in [1.807, 2.05) is 36.4 Å². The lowest BCUT2D eigenvalue weighted by molar-refractivity contribution is 0.102. The predicted octanol–water partition coefficient (Wildman–Crippen LogP) is 4.88. The van der Waals surface area contributed by atoms with E-state index >= 15 is 0 Å². The summed E-state index contributed by atoms with van der Waals surface area (Å²) >= 11 is 0. The standard InChI is InChI=1S/C23H30N4O/c28-23-19-12-5-6-14-21(19)27(22-20(26-23)13-9-16-25-22)17-8-2-4-11-18-10-3-1-7-15-24-18/h5-6,9,12-14,16,18,24H,1-4,7-8,10-11,15,17H2,(H,26,28). The molecule has 1 aromatic heterocycles. The zero-order chi connectivity index (χ0) is 19.2. The largest absolute Gasteiger partial charge is 0.324 e. The number of nitrogens with zero attached hydrogens (tertiary/aromatic N) is 2. The molecule has 0 spiro atoms. The molecule has 0 aliphatic carbocycles. The van der Waals surface area contributed by atoms with Crippen LogP contribution in [0.1, 0.15) is 61.7 Å². The van der Waals surface area contributed by atoms with Crippen LogP contribution in [0.2, 0.25) is 0 Å². The molecule has 4 rings (SSSR count). The minimum atomic E-state index is -0.0632. The molecule has 1 fully saturated rings. The normalized spacial score (nSPS) is 19.2. The summed E-state index contributed by atoms with van der Waals surface area (Å²) in [7, 11) is 0. The molecule has 1 aromatic carbocycles. The van der Waals surface area contributed by atoms with Crippen LogP contribution in [-0.4, -0.2) is 30.0 Å². The molecule has 0 saturated carbocycles. The van der Waals surface area contributed by atoms with Gasteiger partial charge < -0.3 is 15.5 Å². The van der Waals surface area contributed by atoms with Gasteiger partial charge in [-0.25, -0.2) is 4.98 Å². The van der Waals surface area contributed by atoms with Gasteiger partial charge in [0.15, 0.2) is 5.82 Å². The maximum atomic E-state index is 12.6. The van der Waals surface area contributed by atoms with Crippen molar-refractivity contribution in [2.45, 2.75) is 57.4 Å². The van der Waals surface area contributed by atoms with E-state index in [0.717, 1.165) is 30.2 Å². The van der Waals surface area contributed by atoms with Crippen LogP contribution in [0.15, 0.2) is 42.6 Å². The van der Waals surface area contributed by atoms with E-state index in [9.17, 15) is 4.79 Å². The summed E-state index contributed by atoms with van der Waals surface area (Å²) in [6.45, 7) is 2.05. The van der Waals surface area contributed by atoms with Gasteiger partial charge >= 0.3 is 0 Å². The van der Waals surface area contributed by atoms with Gasteiger partial charge in [0.05, 0.1) is 16.9 Å². The first-order chi connectivity index (χ1) is 13.8. The number of anilines is 3. The molecule has 1 unspecified atom stereocenters. The Morgan fingerprint density at radius 1 is 1.04 bits per heavy atom. The number of aromatic nitrogens is 1. The highest BCUT2D eigenvalue weighted by Crippen LogP contribution is 2.36. The third-order valence-electron chi connectivity index (χ3n) is 5.83. The van der Waals surface area contributed by atoms with E-state index < -0.39 is 0 Å². The highest BCUT2D eigenvalue weighted by atomic mass is 16.1. The van der Waals surface area contributed by atoms with Crippen LogP contribution in [0.3, 0.4) is 0 Å². The number of rotatable bonds is 6. The highest BCUT2D eigenvalue weighted by Gasteiger charge is 2.25. The number of fused-ring (bicyclic) bond motifs is 2. The second-order valence-corrected chi connectivity index (χ2v) is 7.85. The third kappa shape index (κ3) is 4.36. The molecule has 28 heavy (non-hydrogen) atoms. The molecule has 2 N–H and O–H groups in total. The fourth-order valence-electron chi connectivity index (χ4n) is 4.33. The van der Waals surface area contributed by atoms with E-state index in [-0.39, 0.29) is 5.91 Å². The van der Waals surface area contributed by atoms with Crippen LogP contribution in [0, 0.1) is 0 Å². The third-order valence-corrected chi connectivity index (χ3v) is 5.83. The number of benzene rings is 1. The zero-order valence-electron chi connectivity index (χ0n) is 16.5. The van der Waals surface area contributed by atoms with E-state index in [1.165, 1.54) is 51.5 Å². The number of nitrogens with one attached hydrogen (secondary N) is 2. The lowest BCUT2D eigenvalue weighted by Gasteiger charge is -2.25. The Labute approximate surface area is 167 Å². The van der Waals surface area contributed by atoms with Gasteiger partial charge in [-0.1, -0.05) is 37.8 Å². The number of unbranched alkanes of at least 4 members (excludes halogenated alkanes) is 2. The lowest BCUT2D eigenvalue weighted by atomic mass is 10.0. The smallest absolute Gasteiger partial charge is 0.257 e. The molecule has 148 valence electrons. The van der Waals surface area contributed by atoms with Crippen LogP contribution in [0.25, 0.3) is 0 Å². The predicted molar refractivity (Wildman–Crippen MR) is 114 cm³/mol. The molecule has 3 heterocycles. The second-order valence-electron chi connectivity index (χ2n) is 7.85. The second kappa shape index (κ2) is 9.20. The quantitative estimate of drug-likeness (QED) is 0.704. The molecule has 0 radical (unpaired) electrons. The summed E-state index contributed by atoms with van der Waals surface area (Å²) in [5.41, 5.74) is 2.44. The molecule has 2 aromatic rings. The summed E-state index contributed by atoms with van der Waals surface area (Å²) in [6, 6.07) is 12.3. The van der Waals surface area contributed by atoms with Crippen LogP contribution < -0.4 is 15.5 Å². The van der Waals surface area contributed by atoms with Crippen LogP contribution in [0.4, 0.5) is 17.2 Å². The van der Waals surface area contributed by atoms with E-state index in [1.54, 1.807) is 6.20 Å². The number of hydrogen-bond donors (Lipinski definition) is 2. The first-order valence-electron chi connectivity index (χ1n) is 10.7. The number of pyridine rings is 1. The molecule has 5 heteroatoms. The van der Waals surface area contributed by atoms with Crippen molar-refractivity contribution >= 4 is 23.1 Å². The number of amides is 1. The van der Waals surface area contributed by atoms with Gasteiger partial charge in [0, 0.05) is 18.8 Å². The SMILES string of the molecule is O=C1Nc2cccnc2N(CCCCCC2CCCCCN2)c2ccccc21. The first-order valence-corrected chi connectivity index (χ1v) is 10.7. The van der Waals surface area contributed by atoms with Crippen molar-refractivity contribution in [2.75, 3.05) is 23.3 Å². The van der Waals surface area contributed by atoms with Gasteiger partial charge in [-0.15, -0.1) is 0 Å². The van der Waals surface area contributed by atoms with E-state index in [0.29, 0.717) is 11.6 Å². The fourth-order valence-corrected chi connectivity index (χ4v) is 4.33. The van der Waals surface area contributed by atoms with Crippen molar-refractivity contribution in [1.29, 1.82) is 0 Å². The summed E-state index contributed by atoms with van der Waals surface area (Å²) < 4.78 is 0. The van der Waals surface area contributed by atoms with Crippen LogP contribution in [0.5, 0.6) is 0 Å². The fraction of sp³-hybridized carbons (Fsp3) is 0.478. The first kappa shape index (κ1) is 18.9. The minimum absolute atomic E-state index is 0.0632. The number of hydrogen-bond acceptors (Lipinski definition) is 4. The summed E-state index contributed by atoms with van der Waals surface area (Å²) in [6.07, 6.45) is 12.0. The van der Waals surface area contributed by atoms with E-state index in [4.69, 9.17) is 0 Å². The Bertz CT molecular complexity index is 799. The maximum absolute atomic E-state index is 12.6. The van der Waals surface area contributed by atoms with Crippen molar-refractivity contribution in [3.63, 3.8) is 0 Å². The highest BCUT2D eigenvalue weighted by molar-refractivity contribution is 6.11. The summed E-state index contributed by atoms with van der Waals surface area (Å²) in [5, 5.41) is 6.70. The van der Waals surface area contributed by atoms with Gasteiger partial charge in [-0.2, -0.15) is 0 Å². The van der Waals surface area contributed by atoms with Crippen LogP contribution >= 0.6 is 0 Å². The molecule has 1 amide bonds. The summed E-state index contributed by atoms with van der Waals surface area (Å²) in [5.74, 6) is 0.776. The maximum Gasteiger partial charge on any atom is 0.257 e. The Hall–Kier alpha value is -2.40. The Morgan fingerprint density at radius 2 is 1.96 bits per heavy atom. The van der Waals surface area contributed by atoms with Gasteiger partial charge in [-0.05, 0) is 56.5 Å². The van der Waals surface area contributed by atoms with Crippen molar-refractivity contribution < 1.29 is 4.79 Å². The molecule has 0 bridgehead atoms. The van der Waals surface area contributed by atoms with Crippen molar-refractivity contribution in [1.82, 2.24) is 10.3 Å². The minimum Gasteiger partial charge on any atom is -0.324 e. The molecular formula is C23H30N4O. The molecule has 2 aliphatic rings. The lowest BCUT2D eigenvalue weighted by Crippen LogP contribution is -2.28. The monoisotopic (exact) mass is 378 g/mol. The molecule has 1 atom stereocenters. The van der Waals surface area contributed by atoms with Gasteiger partial charge in [0.25, 0.3) is 5.91 Å². The van der Waals surface area contributed by atoms with Crippen molar-refractivity contribution in [3.05, 3.63) is 48.2 Å². The number of para-hydroxylation sites is 1. The van der Waals surface area contributed by atoms with Gasteiger partial charge in [0.2, 0.25) is 0 Å². The molecule has 2 aliphatic heterocycles. The van der Waals surface area contributed by atoms with Gasteiger partial charge in [0.1, 0.15) is 0 Å². The topological polar surface area (TPSA) is 57.3 Å². The average molecular weight is 379 g/mol. The molecular weight excluding hydrogens is 348 g/mol. The zero-order valence-corrected chi connectivity index (χ0v) is 16.5. The van der Waals surface area contributed by atoms with Crippen molar-refractivity contribution in [2.24, 2.45) is 0 Å². The number of carbonyl (C=O) groups excluding carboxylic acids is 1.